The highest BCUT2D eigenvalue weighted by atomic mass is 32.1. The van der Waals surface area contributed by atoms with Gasteiger partial charge in [-0.05, 0) is 31.0 Å². The minimum absolute atomic E-state index is 0.0565. The van der Waals surface area contributed by atoms with Crippen LogP contribution in [0.15, 0.2) is 24.3 Å². The van der Waals surface area contributed by atoms with Crippen LogP contribution in [0.3, 0.4) is 0 Å². The molecule has 0 saturated heterocycles. The number of carboxylic acid groups (broad SMARTS) is 1. The molecule has 2 rings (SSSR count). The number of carbonyl (C=O) groups is 2. The van der Waals surface area contributed by atoms with Crippen molar-refractivity contribution in [2.75, 3.05) is 12.4 Å². The predicted octanol–water partition coefficient (Wildman–Crippen LogP) is 3.80. The average Bonchev–Trinajstić information content (AvgIpc) is 2.89. The van der Waals surface area contributed by atoms with Gasteiger partial charge < -0.3 is 15.2 Å². The second-order valence-electron chi connectivity index (χ2n) is 5.37. The van der Waals surface area contributed by atoms with Crippen molar-refractivity contribution < 1.29 is 19.4 Å². The number of carbonyl (C=O) groups excluding carboxylic acids is 1. The largest absolute Gasteiger partial charge is 0.497 e. The zero-order valence-corrected chi connectivity index (χ0v) is 14.8. The number of hydrogen-bond acceptors (Lipinski definition) is 5. The first kappa shape index (κ1) is 18.5. The van der Waals surface area contributed by atoms with Crippen LogP contribution in [0.5, 0.6) is 5.75 Å². The summed E-state index contributed by atoms with van der Waals surface area (Å²) in [6.45, 7) is 1.89. The third-order valence-electron chi connectivity index (χ3n) is 3.62. The number of benzene rings is 1. The molecule has 6 nitrogen and oxygen atoms in total. The predicted molar refractivity (Wildman–Crippen MR) is 95.9 cm³/mol. The number of anilines is 1. The minimum Gasteiger partial charge on any atom is -0.497 e. The van der Waals surface area contributed by atoms with E-state index in [0.717, 1.165) is 21.8 Å². The molecule has 1 aromatic heterocycles. The van der Waals surface area contributed by atoms with Gasteiger partial charge in [-0.1, -0.05) is 12.1 Å². The molecule has 2 N–H and O–H groups in total. The molecule has 0 bridgehead atoms. The Labute approximate surface area is 149 Å². The average molecular weight is 358 g/mol. The number of aliphatic carboxylic acids is 1. The molecule has 0 fully saturated rings. The lowest BCUT2D eigenvalue weighted by Crippen LogP contribution is -2.11. The van der Waals surface area contributed by atoms with Crippen LogP contribution in [0.2, 0.25) is 0 Å². The fraction of sp³-hybridized carbons (Fsp3) is 0.278. The summed E-state index contributed by atoms with van der Waals surface area (Å²) in [6, 6.07) is 9.53. The summed E-state index contributed by atoms with van der Waals surface area (Å²) < 4.78 is 5.14. The van der Waals surface area contributed by atoms with Crippen LogP contribution >= 0.6 is 11.3 Å². The summed E-state index contributed by atoms with van der Waals surface area (Å²) in [6.07, 6.45) is 0.309. The van der Waals surface area contributed by atoms with Crippen LogP contribution < -0.4 is 10.1 Å². The zero-order valence-electron chi connectivity index (χ0n) is 14.0. The Kier molecular flexibility index (Phi) is 6.14. The van der Waals surface area contributed by atoms with Gasteiger partial charge in [0.15, 0.2) is 0 Å². The van der Waals surface area contributed by atoms with Gasteiger partial charge in [-0.2, -0.15) is 5.26 Å². The summed E-state index contributed by atoms with van der Waals surface area (Å²) in [7, 11) is 1.59. The highest BCUT2D eigenvalue weighted by Gasteiger charge is 2.19. The van der Waals surface area contributed by atoms with E-state index < -0.39 is 5.97 Å². The van der Waals surface area contributed by atoms with E-state index in [0.29, 0.717) is 10.6 Å². The van der Waals surface area contributed by atoms with Gasteiger partial charge in [0.2, 0.25) is 5.91 Å². The molecule has 25 heavy (non-hydrogen) atoms. The van der Waals surface area contributed by atoms with Crippen LogP contribution in [-0.4, -0.2) is 24.1 Å². The molecule has 0 radical (unpaired) electrons. The molecule has 1 amide bonds. The Hall–Kier alpha value is -2.85. The molecule has 0 aliphatic rings. The Morgan fingerprint density at radius 3 is 2.52 bits per heavy atom. The van der Waals surface area contributed by atoms with Crippen molar-refractivity contribution >= 4 is 28.2 Å². The van der Waals surface area contributed by atoms with Crippen molar-refractivity contribution in [3.8, 4) is 22.9 Å². The smallest absolute Gasteiger partial charge is 0.303 e. The molecule has 0 aliphatic heterocycles. The number of methoxy groups -OCH3 is 1. The molecule has 0 unspecified atom stereocenters. The van der Waals surface area contributed by atoms with Gasteiger partial charge in [0.1, 0.15) is 16.8 Å². The number of aryl methyl sites for hydroxylation is 1. The summed E-state index contributed by atoms with van der Waals surface area (Å²) in [5, 5.41) is 21.4. The molecule has 130 valence electrons. The molecule has 2 aromatic rings. The normalized spacial score (nSPS) is 10.1. The zero-order chi connectivity index (χ0) is 18.4. The molecule has 0 aliphatic carbocycles. The summed E-state index contributed by atoms with van der Waals surface area (Å²) in [4.78, 5) is 23.4. The van der Waals surface area contributed by atoms with Gasteiger partial charge in [0, 0.05) is 23.3 Å². The Morgan fingerprint density at radius 1 is 1.28 bits per heavy atom. The second-order valence-corrected chi connectivity index (χ2v) is 6.60. The quantitative estimate of drug-likeness (QED) is 0.784. The monoisotopic (exact) mass is 358 g/mol. The van der Waals surface area contributed by atoms with Gasteiger partial charge in [-0.25, -0.2) is 0 Å². The molecule has 0 saturated carbocycles. The highest BCUT2D eigenvalue weighted by molar-refractivity contribution is 7.17. The molecule has 0 atom stereocenters. The first-order valence-corrected chi connectivity index (χ1v) is 8.47. The Balaban J connectivity index is 2.22. The molecule has 1 aromatic carbocycles. The topological polar surface area (TPSA) is 99.4 Å². The fourth-order valence-corrected chi connectivity index (χ4v) is 3.48. The first-order valence-electron chi connectivity index (χ1n) is 7.65. The number of hydrogen-bond donors (Lipinski definition) is 2. The van der Waals surface area contributed by atoms with Crippen molar-refractivity contribution in [2.24, 2.45) is 0 Å². The number of nitriles is 1. The SMILES string of the molecule is COc1ccc(-c2c(C)sc(NC(=O)CCCC(=O)O)c2C#N)cc1. The van der Waals surface area contributed by atoms with E-state index in [-0.39, 0.29) is 25.2 Å². The van der Waals surface area contributed by atoms with E-state index in [1.54, 1.807) is 7.11 Å². The fourth-order valence-electron chi connectivity index (χ4n) is 2.43. The second kappa shape index (κ2) is 8.31. The van der Waals surface area contributed by atoms with Crippen LogP contribution in [0, 0.1) is 18.3 Å². The van der Waals surface area contributed by atoms with Gasteiger partial charge in [-0.3, -0.25) is 9.59 Å². The van der Waals surface area contributed by atoms with Gasteiger partial charge in [-0.15, -0.1) is 11.3 Å². The molecule has 1 heterocycles. The van der Waals surface area contributed by atoms with Crippen LogP contribution in [0.25, 0.3) is 11.1 Å². The van der Waals surface area contributed by atoms with E-state index >= 15 is 0 Å². The van der Waals surface area contributed by atoms with Crippen molar-refractivity contribution in [3.05, 3.63) is 34.7 Å². The van der Waals surface area contributed by atoms with Gasteiger partial charge >= 0.3 is 5.97 Å². The maximum absolute atomic E-state index is 12.0. The summed E-state index contributed by atoms with van der Waals surface area (Å²) in [5.74, 6) is -0.498. The third-order valence-corrected chi connectivity index (χ3v) is 4.64. The standard InChI is InChI=1S/C18H18N2O4S/c1-11-17(12-6-8-13(24-2)9-7-12)14(10-19)18(25-11)20-15(21)4-3-5-16(22)23/h6-9H,3-5H2,1-2H3,(H,20,21)(H,22,23). The van der Waals surface area contributed by atoms with E-state index in [9.17, 15) is 14.9 Å². The maximum Gasteiger partial charge on any atom is 0.303 e. The van der Waals surface area contributed by atoms with Crippen molar-refractivity contribution in [3.63, 3.8) is 0 Å². The number of rotatable bonds is 7. The molecule has 7 heteroatoms. The third kappa shape index (κ3) is 4.58. The number of ether oxygens (including phenoxy) is 1. The van der Waals surface area contributed by atoms with E-state index in [4.69, 9.17) is 9.84 Å². The van der Waals surface area contributed by atoms with Crippen molar-refractivity contribution in [1.82, 2.24) is 0 Å². The lowest BCUT2D eigenvalue weighted by Gasteiger charge is -2.05. The van der Waals surface area contributed by atoms with Crippen molar-refractivity contribution in [2.45, 2.75) is 26.2 Å². The summed E-state index contributed by atoms with van der Waals surface area (Å²) >= 11 is 1.34. The molecular formula is C18H18N2O4S. The number of carboxylic acids is 1. The van der Waals surface area contributed by atoms with Gasteiger partial charge in [0.25, 0.3) is 0 Å². The van der Waals surface area contributed by atoms with Crippen molar-refractivity contribution in [1.29, 1.82) is 5.26 Å². The van der Waals surface area contributed by atoms with E-state index in [1.807, 2.05) is 31.2 Å². The van der Waals surface area contributed by atoms with Gasteiger partial charge in [0.05, 0.1) is 12.7 Å². The molecule has 0 spiro atoms. The van der Waals surface area contributed by atoms with E-state index in [1.165, 1.54) is 11.3 Å². The number of amides is 1. The van der Waals surface area contributed by atoms with Crippen LogP contribution in [0.1, 0.15) is 29.7 Å². The van der Waals surface area contributed by atoms with Crippen LogP contribution in [-0.2, 0) is 9.59 Å². The number of nitrogens with zero attached hydrogens (tertiary/aromatic N) is 1. The Morgan fingerprint density at radius 2 is 1.96 bits per heavy atom. The highest BCUT2D eigenvalue weighted by Crippen LogP contribution is 2.39. The lowest BCUT2D eigenvalue weighted by atomic mass is 10.0. The minimum atomic E-state index is -0.931. The number of nitrogens with one attached hydrogen (secondary N) is 1. The molecular weight excluding hydrogens is 340 g/mol. The maximum atomic E-state index is 12.0. The number of thiophene rings is 1. The first-order chi connectivity index (χ1) is 12.0. The Bertz CT molecular complexity index is 819. The summed E-state index contributed by atoms with van der Waals surface area (Å²) in [5.41, 5.74) is 2.08. The lowest BCUT2D eigenvalue weighted by molar-refractivity contribution is -0.137. The van der Waals surface area contributed by atoms with E-state index in [2.05, 4.69) is 11.4 Å². The van der Waals surface area contributed by atoms with Crippen LogP contribution in [0.4, 0.5) is 5.00 Å².